The Kier molecular flexibility index (Phi) is 8.88. The van der Waals surface area contributed by atoms with Crippen molar-refractivity contribution in [3.05, 3.63) is 35.9 Å². The van der Waals surface area contributed by atoms with Gasteiger partial charge < -0.3 is 49.9 Å². The SMILES string of the molecule is CCOc1cc(NCCC(O)(P(=O)(O)O)P(=O)(O)O)c2ccccc2c1C(=O)NC1C(=O)N2C1SC(C)(C)C2OC(=O)O. The number of hydrogen-bond acceptors (Lipinski definition) is 10. The Bertz CT molecular complexity index is 1540. The standard InChI is InChI=1S/C24H31N3O13P2S/c1-4-39-15-11-14(25-10-9-24(32,41(33,34)35)42(36,37)38)12-7-5-6-8-13(12)16(15)18(28)26-17-19(29)27-20(17)43-23(2,3)21(27)40-22(30)31/h5-8,11,17,20-21,25,32H,4,9-10H2,1-3H3,(H,26,28)(H,30,31)(H2,33,34,35)(H2,36,37,38). The highest BCUT2D eigenvalue weighted by Crippen LogP contribution is 2.68. The van der Waals surface area contributed by atoms with Crippen LogP contribution in [0, 0.1) is 0 Å². The van der Waals surface area contributed by atoms with Crippen LogP contribution in [0.3, 0.4) is 0 Å². The highest BCUT2D eigenvalue weighted by atomic mass is 32.2. The summed E-state index contributed by atoms with van der Waals surface area (Å²) in [5.41, 5.74) is 0.332. The molecule has 2 saturated heterocycles. The molecule has 0 radical (unpaired) electrons. The van der Waals surface area contributed by atoms with Crippen molar-refractivity contribution < 1.29 is 62.8 Å². The number of thioether (sulfide) groups is 1. The van der Waals surface area contributed by atoms with Crippen molar-refractivity contribution in [3.63, 3.8) is 0 Å². The van der Waals surface area contributed by atoms with Crippen molar-refractivity contribution >= 4 is 61.4 Å². The molecule has 4 rings (SSSR count). The summed E-state index contributed by atoms with van der Waals surface area (Å²) in [5, 5.41) is 21.4. The lowest BCUT2D eigenvalue weighted by molar-refractivity contribution is -0.161. The van der Waals surface area contributed by atoms with Gasteiger partial charge in [-0.05, 0) is 20.8 Å². The smallest absolute Gasteiger partial charge is 0.493 e. The maximum absolute atomic E-state index is 13.7. The molecular formula is C24H31N3O13P2S. The molecule has 19 heteroatoms. The van der Waals surface area contributed by atoms with Crippen LogP contribution in [0.1, 0.15) is 37.6 Å². The van der Waals surface area contributed by atoms with Crippen molar-refractivity contribution in [2.24, 2.45) is 0 Å². The Morgan fingerprint density at radius 2 is 1.72 bits per heavy atom. The van der Waals surface area contributed by atoms with Crippen molar-refractivity contribution in [2.45, 2.75) is 54.7 Å². The summed E-state index contributed by atoms with van der Waals surface area (Å²) in [5.74, 6) is -1.12. The molecule has 3 unspecified atom stereocenters. The fourth-order valence-corrected chi connectivity index (χ4v) is 8.74. The highest BCUT2D eigenvalue weighted by Gasteiger charge is 2.64. The predicted molar refractivity (Wildman–Crippen MR) is 154 cm³/mol. The number of carboxylic acid groups (broad SMARTS) is 1. The molecule has 2 amide bonds. The average molecular weight is 664 g/mol. The van der Waals surface area contributed by atoms with Crippen molar-refractivity contribution in [3.8, 4) is 5.75 Å². The molecule has 0 aliphatic carbocycles. The van der Waals surface area contributed by atoms with Gasteiger partial charge >= 0.3 is 21.3 Å². The molecule has 2 fully saturated rings. The Morgan fingerprint density at radius 1 is 1.12 bits per heavy atom. The quantitative estimate of drug-likeness (QED) is 0.0970. The second kappa shape index (κ2) is 11.6. The molecule has 2 aliphatic rings. The zero-order valence-electron chi connectivity index (χ0n) is 23.0. The first-order valence-electron chi connectivity index (χ1n) is 12.8. The third kappa shape index (κ3) is 5.96. The number of β-lactam (4-membered cyclic amide) rings is 1. The molecule has 2 aliphatic heterocycles. The van der Waals surface area contributed by atoms with E-state index < -0.39 is 73.6 Å². The van der Waals surface area contributed by atoms with E-state index in [2.05, 4.69) is 10.6 Å². The van der Waals surface area contributed by atoms with Crippen LogP contribution in [0.25, 0.3) is 10.8 Å². The maximum Gasteiger partial charge on any atom is 0.507 e. The first kappa shape index (κ1) is 33.0. The molecule has 0 spiro atoms. The van der Waals surface area contributed by atoms with E-state index in [1.165, 1.54) is 22.7 Å². The number of carbonyl (C=O) groups is 3. The van der Waals surface area contributed by atoms with E-state index in [1.807, 2.05) is 0 Å². The van der Waals surface area contributed by atoms with Gasteiger partial charge in [-0.3, -0.25) is 23.6 Å². The van der Waals surface area contributed by atoms with Gasteiger partial charge in [0.1, 0.15) is 17.2 Å². The van der Waals surface area contributed by atoms with Crippen LogP contribution in [0.5, 0.6) is 5.75 Å². The molecule has 8 N–H and O–H groups in total. The minimum atomic E-state index is -5.66. The van der Waals surface area contributed by atoms with Crippen molar-refractivity contribution in [1.29, 1.82) is 0 Å². The van der Waals surface area contributed by atoms with Gasteiger partial charge in [-0.2, -0.15) is 0 Å². The number of aliphatic hydroxyl groups is 1. The van der Waals surface area contributed by atoms with Crippen molar-refractivity contribution in [1.82, 2.24) is 10.2 Å². The van der Waals surface area contributed by atoms with Crippen LogP contribution >= 0.6 is 27.0 Å². The van der Waals surface area contributed by atoms with Crippen LogP contribution in [-0.4, -0.2) is 93.3 Å². The second-order valence-electron chi connectivity index (χ2n) is 10.4. The second-order valence-corrected chi connectivity index (χ2v) is 16.1. The summed E-state index contributed by atoms with van der Waals surface area (Å²) in [4.78, 5) is 76.8. The number of nitrogens with one attached hydrogen (secondary N) is 2. The molecule has 236 valence electrons. The maximum atomic E-state index is 13.7. The minimum absolute atomic E-state index is 0.0663. The average Bonchev–Trinajstić information content (AvgIpc) is 3.12. The number of ether oxygens (including phenoxy) is 2. The first-order chi connectivity index (χ1) is 19.8. The van der Waals surface area contributed by atoms with E-state index in [0.717, 1.165) is 0 Å². The number of amides is 2. The van der Waals surface area contributed by atoms with Crippen LogP contribution < -0.4 is 15.4 Å². The van der Waals surface area contributed by atoms with E-state index >= 15 is 0 Å². The molecule has 2 aromatic carbocycles. The van der Waals surface area contributed by atoms with Gasteiger partial charge in [0.05, 0.1) is 16.9 Å². The van der Waals surface area contributed by atoms with Crippen LogP contribution in [0.15, 0.2) is 30.3 Å². The molecule has 0 bridgehead atoms. The van der Waals surface area contributed by atoms with E-state index in [-0.39, 0.29) is 23.6 Å². The first-order valence-corrected chi connectivity index (χ1v) is 16.9. The lowest BCUT2D eigenvalue weighted by Crippen LogP contribution is -2.70. The third-order valence-electron chi connectivity index (χ3n) is 7.09. The molecule has 3 atom stereocenters. The zero-order valence-corrected chi connectivity index (χ0v) is 25.6. The topological polar surface area (TPSA) is 252 Å². The summed E-state index contributed by atoms with van der Waals surface area (Å²) in [6.45, 7) is 4.74. The van der Waals surface area contributed by atoms with E-state index in [0.29, 0.717) is 10.8 Å². The van der Waals surface area contributed by atoms with Crippen LogP contribution in [-0.2, 0) is 18.7 Å². The number of nitrogens with zero attached hydrogens (tertiary/aromatic N) is 1. The fourth-order valence-electron chi connectivity index (χ4n) is 5.03. The Hall–Kier alpha value is -2.88. The van der Waals surface area contributed by atoms with Gasteiger partial charge in [0.15, 0.2) is 6.23 Å². The number of anilines is 1. The largest absolute Gasteiger partial charge is 0.507 e. The van der Waals surface area contributed by atoms with Crippen molar-refractivity contribution in [2.75, 3.05) is 18.5 Å². The van der Waals surface area contributed by atoms with Gasteiger partial charge in [0.2, 0.25) is 0 Å². The molecule has 43 heavy (non-hydrogen) atoms. The highest BCUT2D eigenvalue weighted by molar-refractivity contribution is 8.01. The monoisotopic (exact) mass is 663 g/mol. The molecular weight excluding hydrogens is 632 g/mol. The summed E-state index contributed by atoms with van der Waals surface area (Å²) in [6, 6.07) is 6.92. The lowest BCUT2D eigenvalue weighted by atomic mass is 9.99. The molecule has 0 aromatic heterocycles. The number of hydrogen-bond donors (Lipinski definition) is 8. The Balaban J connectivity index is 1.63. The van der Waals surface area contributed by atoms with Crippen LogP contribution in [0.4, 0.5) is 10.5 Å². The van der Waals surface area contributed by atoms with Gasteiger partial charge in [-0.1, -0.05) is 24.3 Å². The number of rotatable bonds is 11. The minimum Gasteiger partial charge on any atom is -0.493 e. The third-order valence-corrected chi connectivity index (χ3v) is 12.5. The summed E-state index contributed by atoms with van der Waals surface area (Å²) in [7, 11) is -11.3. The molecule has 2 aromatic rings. The number of carbonyl (C=O) groups excluding carboxylic acids is 2. The van der Waals surface area contributed by atoms with E-state index in [4.69, 9.17) is 14.6 Å². The summed E-state index contributed by atoms with van der Waals surface area (Å²) < 4.78 is 33.3. The molecule has 2 heterocycles. The predicted octanol–water partition coefficient (Wildman–Crippen LogP) is 1.85. The summed E-state index contributed by atoms with van der Waals surface area (Å²) >= 11 is 1.28. The van der Waals surface area contributed by atoms with Gasteiger partial charge in [0.25, 0.3) is 16.9 Å². The Labute approximate surface area is 249 Å². The van der Waals surface area contributed by atoms with Crippen LogP contribution in [0.2, 0.25) is 0 Å². The van der Waals surface area contributed by atoms with Gasteiger partial charge in [-0.25, -0.2) is 4.79 Å². The summed E-state index contributed by atoms with van der Waals surface area (Å²) in [6.07, 6.45) is -3.60. The molecule has 16 nitrogen and oxygen atoms in total. The Morgan fingerprint density at radius 3 is 2.28 bits per heavy atom. The fraction of sp³-hybridized carbons (Fsp3) is 0.458. The number of fused-ring (bicyclic) bond motifs is 2. The normalized spacial score (nSPS) is 21.6. The lowest BCUT2D eigenvalue weighted by Gasteiger charge is -2.43. The van der Waals surface area contributed by atoms with E-state index in [1.54, 1.807) is 45.0 Å². The number of benzene rings is 2. The van der Waals surface area contributed by atoms with Gasteiger partial charge in [-0.15, -0.1) is 11.8 Å². The van der Waals surface area contributed by atoms with E-state index in [9.17, 15) is 48.2 Å². The van der Waals surface area contributed by atoms with Gasteiger partial charge in [0, 0.05) is 35.5 Å². The zero-order chi connectivity index (χ0) is 32.1. The molecule has 0 saturated carbocycles.